The molecule has 2 aromatic carbocycles. The van der Waals surface area contributed by atoms with E-state index in [4.69, 9.17) is 4.98 Å². The molecule has 1 heterocycles. The number of nitrogens with zero attached hydrogens (tertiary/aromatic N) is 1. The second-order valence-corrected chi connectivity index (χ2v) is 6.30. The number of hydrogen-bond acceptors (Lipinski definition) is 1. The van der Waals surface area contributed by atoms with Gasteiger partial charge in [-0.3, -0.25) is 0 Å². The van der Waals surface area contributed by atoms with Crippen LogP contribution < -0.4 is 0 Å². The second-order valence-electron chi connectivity index (χ2n) is 6.30. The standard InChI is InChI=1S/C21H20N/c1-14-15(2)20(17-8-4-3-5-9-17)22-21-18(14)12-7-13-19(21)16-10-6-11-16/h3-5,7-9,12-13,16H,1,6,10-11H2,2H3. The minimum Gasteiger partial charge on any atom is -0.247 e. The fourth-order valence-electron chi connectivity index (χ4n) is 3.40. The first-order valence-electron chi connectivity index (χ1n) is 8.06. The zero-order valence-electron chi connectivity index (χ0n) is 13.0. The summed E-state index contributed by atoms with van der Waals surface area (Å²) in [6.45, 7) is 6.47. The van der Waals surface area contributed by atoms with E-state index in [2.05, 4.69) is 56.3 Å². The lowest BCUT2D eigenvalue weighted by Crippen LogP contribution is -2.10. The Morgan fingerprint density at radius 2 is 1.77 bits per heavy atom. The molecule has 0 atom stereocenters. The molecule has 1 aromatic heterocycles. The quantitative estimate of drug-likeness (QED) is 0.592. The Morgan fingerprint density at radius 1 is 1.00 bits per heavy atom. The van der Waals surface area contributed by atoms with E-state index >= 15 is 0 Å². The van der Waals surface area contributed by atoms with Crippen molar-refractivity contribution < 1.29 is 0 Å². The number of hydrogen-bond donors (Lipinski definition) is 0. The third kappa shape index (κ3) is 2.04. The number of pyridine rings is 1. The van der Waals surface area contributed by atoms with E-state index in [0.29, 0.717) is 5.92 Å². The lowest BCUT2D eigenvalue weighted by Gasteiger charge is -2.27. The maximum absolute atomic E-state index is 5.07. The van der Waals surface area contributed by atoms with Crippen LogP contribution in [0.3, 0.4) is 0 Å². The minimum absolute atomic E-state index is 0.682. The molecule has 1 aliphatic rings. The number of aromatic nitrogens is 1. The van der Waals surface area contributed by atoms with Crippen molar-refractivity contribution in [2.75, 3.05) is 0 Å². The molecule has 0 amide bonds. The molecule has 0 unspecified atom stereocenters. The van der Waals surface area contributed by atoms with Gasteiger partial charge in [0.1, 0.15) is 0 Å². The lowest BCUT2D eigenvalue weighted by atomic mass is 9.79. The van der Waals surface area contributed by atoms with Crippen molar-refractivity contribution in [3.8, 4) is 11.3 Å². The molecule has 0 saturated heterocycles. The summed E-state index contributed by atoms with van der Waals surface area (Å²) in [6, 6.07) is 17.0. The van der Waals surface area contributed by atoms with Gasteiger partial charge in [0, 0.05) is 10.9 Å². The number of rotatable bonds is 2. The summed E-state index contributed by atoms with van der Waals surface area (Å²) in [6.07, 6.45) is 3.93. The Bertz CT molecular complexity index is 829. The highest BCUT2D eigenvalue weighted by molar-refractivity contribution is 5.90. The van der Waals surface area contributed by atoms with Crippen LogP contribution in [-0.2, 0) is 0 Å². The topological polar surface area (TPSA) is 12.9 Å². The summed E-state index contributed by atoms with van der Waals surface area (Å²) in [7, 11) is 0. The van der Waals surface area contributed by atoms with Crippen molar-refractivity contribution in [3.05, 3.63) is 72.1 Å². The van der Waals surface area contributed by atoms with Crippen LogP contribution in [0.1, 0.15) is 41.9 Å². The van der Waals surface area contributed by atoms with Crippen LogP contribution in [0.5, 0.6) is 0 Å². The van der Waals surface area contributed by atoms with Gasteiger partial charge in [0.2, 0.25) is 0 Å². The molecule has 0 N–H and O–H groups in total. The van der Waals surface area contributed by atoms with Gasteiger partial charge in [-0.05, 0) is 49.3 Å². The molecule has 1 nitrogen and oxygen atoms in total. The number of para-hydroxylation sites is 1. The summed E-state index contributed by atoms with van der Waals surface area (Å²) in [5.74, 6) is 0.682. The van der Waals surface area contributed by atoms with E-state index in [1.807, 2.05) is 6.07 Å². The highest BCUT2D eigenvalue weighted by Gasteiger charge is 2.23. The molecule has 1 radical (unpaired) electrons. The largest absolute Gasteiger partial charge is 0.247 e. The lowest BCUT2D eigenvalue weighted by molar-refractivity contribution is 0.422. The molecule has 109 valence electrons. The normalized spacial score (nSPS) is 15.0. The molecule has 3 aromatic rings. The molecular weight excluding hydrogens is 266 g/mol. The average molecular weight is 286 g/mol. The van der Waals surface area contributed by atoms with Crippen LogP contribution in [0.25, 0.3) is 22.2 Å². The monoisotopic (exact) mass is 286 g/mol. The van der Waals surface area contributed by atoms with Crippen LogP contribution in [-0.4, -0.2) is 4.98 Å². The predicted octanol–water partition coefficient (Wildman–Crippen LogP) is 5.66. The van der Waals surface area contributed by atoms with Gasteiger partial charge in [-0.1, -0.05) is 55.0 Å². The highest BCUT2D eigenvalue weighted by Crippen LogP contribution is 2.40. The molecule has 0 aliphatic heterocycles. The molecular formula is C21H20N. The van der Waals surface area contributed by atoms with Crippen LogP contribution >= 0.6 is 0 Å². The van der Waals surface area contributed by atoms with Crippen molar-refractivity contribution in [2.45, 2.75) is 32.1 Å². The molecule has 0 spiro atoms. The molecule has 0 bridgehead atoms. The third-order valence-corrected chi connectivity index (χ3v) is 5.02. The number of benzene rings is 2. The van der Waals surface area contributed by atoms with E-state index in [1.165, 1.54) is 41.3 Å². The summed E-state index contributed by atoms with van der Waals surface area (Å²) < 4.78 is 0. The molecule has 1 heteroatoms. The molecule has 1 saturated carbocycles. The Hall–Kier alpha value is -2.15. The smallest absolute Gasteiger partial charge is 0.0747 e. The molecule has 22 heavy (non-hydrogen) atoms. The van der Waals surface area contributed by atoms with E-state index < -0.39 is 0 Å². The first-order chi connectivity index (χ1) is 10.8. The van der Waals surface area contributed by atoms with Crippen molar-refractivity contribution in [1.29, 1.82) is 0 Å². The minimum atomic E-state index is 0.682. The molecule has 1 fully saturated rings. The van der Waals surface area contributed by atoms with E-state index in [1.54, 1.807) is 0 Å². The first-order valence-corrected chi connectivity index (χ1v) is 8.06. The van der Waals surface area contributed by atoms with Crippen LogP contribution in [0.2, 0.25) is 0 Å². The first kappa shape index (κ1) is 13.5. The Labute approximate surface area is 132 Å². The highest BCUT2D eigenvalue weighted by atomic mass is 14.7. The van der Waals surface area contributed by atoms with Gasteiger partial charge in [-0.15, -0.1) is 0 Å². The zero-order chi connectivity index (χ0) is 15.1. The summed E-state index contributed by atoms with van der Waals surface area (Å²) in [4.78, 5) is 5.07. The SMILES string of the molecule is [CH2]c1c(C)c(-c2ccccc2)nc2c(C3CCC3)cccc12. The van der Waals surface area contributed by atoms with Crippen LogP contribution in [0.4, 0.5) is 0 Å². The predicted molar refractivity (Wildman–Crippen MR) is 93.0 cm³/mol. The molecule has 1 aliphatic carbocycles. The fourth-order valence-corrected chi connectivity index (χ4v) is 3.40. The maximum atomic E-state index is 5.07. The van der Waals surface area contributed by atoms with Crippen molar-refractivity contribution in [1.82, 2.24) is 4.98 Å². The molecule has 4 rings (SSSR count). The fraction of sp³-hybridized carbons (Fsp3) is 0.238. The van der Waals surface area contributed by atoms with Crippen molar-refractivity contribution >= 4 is 10.9 Å². The van der Waals surface area contributed by atoms with Gasteiger partial charge in [0.15, 0.2) is 0 Å². The van der Waals surface area contributed by atoms with E-state index in [0.717, 1.165) is 16.8 Å². The van der Waals surface area contributed by atoms with Crippen molar-refractivity contribution in [2.24, 2.45) is 0 Å². The van der Waals surface area contributed by atoms with Crippen molar-refractivity contribution in [3.63, 3.8) is 0 Å². The Kier molecular flexibility index (Phi) is 3.22. The number of fused-ring (bicyclic) bond motifs is 1. The third-order valence-electron chi connectivity index (χ3n) is 5.02. The second kappa shape index (κ2) is 5.24. The van der Waals surface area contributed by atoms with E-state index in [9.17, 15) is 0 Å². The van der Waals surface area contributed by atoms with Crippen LogP contribution in [0, 0.1) is 13.8 Å². The van der Waals surface area contributed by atoms with Gasteiger partial charge in [-0.2, -0.15) is 0 Å². The Morgan fingerprint density at radius 3 is 2.45 bits per heavy atom. The van der Waals surface area contributed by atoms with Gasteiger partial charge < -0.3 is 0 Å². The summed E-state index contributed by atoms with van der Waals surface area (Å²) in [5.41, 5.74) is 7.11. The Balaban J connectivity index is 2.00. The average Bonchev–Trinajstić information content (AvgIpc) is 2.50. The van der Waals surface area contributed by atoms with E-state index in [-0.39, 0.29) is 0 Å². The summed E-state index contributed by atoms with van der Waals surface area (Å²) >= 11 is 0. The zero-order valence-corrected chi connectivity index (χ0v) is 13.0. The van der Waals surface area contributed by atoms with Gasteiger partial charge in [0.05, 0.1) is 11.2 Å². The maximum Gasteiger partial charge on any atom is 0.0747 e. The summed E-state index contributed by atoms with van der Waals surface area (Å²) in [5, 5.41) is 1.21. The van der Waals surface area contributed by atoms with Gasteiger partial charge >= 0.3 is 0 Å². The van der Waals surface area contributed by atoms with Gasteiger partial charge in [-0.25, -0.2) is 4.98 Å². The van der Waals surface area contributed by atoms with Gasteiger partial charge in [0.25, 0.3) is 0 Å². The van der Waals surface area contributed by atoms with Crippen LogP contribution in [0.15, 0.2) is 48.5 Å².